The predicted octanol–water partition coefficient (Wildman–Crippen LogP) is 3.42. The molecule has 3 aromatic rings. The number of aromatic nitrogens is 3. The van der Waals surface area contributed by atoms with Crippen molar-refractivity contribution in [3.05, 3.63) is 63.8 Å². The largest absolute Gasteiger partial charge is 0.323 e. The fourth-order valence-electron chi connectivity index (χ4n) is 3.12. The summed E-state index contributed by atoms with van der Waals surface area (Å²) in [5.41, 5.74) is 11.6. The van der Waals surface area contributed by atoms with Crippen LogP contribution in [0.5, 0.6) is 0 Å². The van der Waals surface area contributed by atoms with Gasteiger partial charge in [-0.25, -0.2) is 4.98 Å². The van der Waals surface area contributed by atoms with E-state index in [-0.39, 0.29) is 6.04 Å². The maximum atomic E-state index is 6.21. The van der Waals surface area contributed by atoms with Crippen LogP contribution in [0.3, 0.4) is 0 Å². The first-order valence-corrected chi connectivity index (χ1v) is 8.37. The number of aryl methyl sites for hydroxylation is 1. The van der Waals surface area contributed by atoms with Gasteiger partial charge in [-0.3, -0.25) is 9.38 Å². The molecule has 22 heavy (non-hydrogen) atoms. The second-order valence-electron chi connectivity index (χ2n) is 5.80. The normalized spacial score (nSPS) is 17.6. The molecule has 4 rings (SSSR count). The molecule has 1 unspecified atom stereocenters. The topological polar surface area (TPSA) is 56.2 Å². The van der Waals surface area contributed by atoms with Gasteiger partial charge < -0.3 is 5.73 Å². The lowest BCUT2D eigenvalue weighted by molar-refractivity contribution is 0.551. The zero-order chi connectivity index (χ0) is 15.1. The molecular formula is C17H17BrN4. The highest BCUT2D eigenvalue weighted by atomic mass is 79.9. The SMILES string of the molecule is NC1CCCc2ccc(Cc3nc4ccccn4c3Br)nc21. The summed E-state index contributed by atoms with van der Waals surface area (Å²) in [7, 11) is 0. The van der Waals surface area contributed by atoms with Crippen LogP contribution in [0.15, 0.2) is 41.1 Å². The Morgan fingerprint density at radius 2 is 2.14 bits per heavy atom. The van der Waals surface area contributed by atoms with E-state index in [0.29, 0.717) is 6.42 Å². The van der Waals surface area contributed by atoms with Crippen molar-refractivity contribution in [3.63, 3.8) is 0 Å². The summed E-state index contributed by atoms with van der Waals surface area (Å²) in [5, 5.41) is 0. The van der Waals surface area contributed by atoms with Crippen LogP contribution in [0.2, 0.25) is 0 Å². The van der Waals surface area contributed by atoms with Gasteiger partial charge in [0, 0.05) is 24.4 Å². The average Bonchev–Trinajstić information content (AvgIpc) is 2.85. The zero-order valence-corrected chi connectivity index (χ0v) is 13.8. The maximum Gasteiger partial charge on any atom is 0.137 e. The van der Waals surface area contributed by atoms with Crippen LogP contribution < -0.4 is 5.73 Å². The first-order valence-electron chi connectivity index (χ1n) is 7.58. The minimum absolute atomic E-state index is 0.0770. The highest BCUT2D eigenvalue weighted by molar-refractivity contribution is 9.10. The molecule has 5 heteroatoms. The number of pyridine rings is 2. The van der Waals surface area contributed by atoms with E-state index in [1.165, 1.54) is 5.56 Å². The summed E-state index contributed by atoms with van der Waals surface area (Å²) < 4.78 is 3.03. The highest BCUT2D eigenvalue weighted by Gasteiger charge is 2.19. The lowest BCUT2D eigenvalue weighted by Gasteiger charge is -2.21. The number of nitrogens with two attached hydrogens (primary N) is 1. The van der Waals surface area contributed by atoms with Crippen molar-refractivity contribution in [1.29, 1.82) is 0 Å². The Labute approximate surface area is 137 Å². The number of hydrogen-bond acceptors (Lipinski definition) is 3. The van der Waals surface area contributed by atoms with Crippen LogP contribution in [0.25, 0.3) is 5.65 Å². The standard InChI is InChI=1S/C17H17BrN4/c18-17-14(21-15-6-1-2-9-22(15)17)10-12-8-7-11-4-3-5-13(19)16(11)20-12/h1-2,6-9,13H,3-5,10,19H2. The van der Waals surface area contributed by atoms with Gasteiger partial charge in [-0.2, -0.15) is 0 Å². The van der Waals surface area contributed by atoms with Gasteiger partial charge in [-0.05, 0) is 59.0 Å². The van der Waals surface area contributed by atoms with Gasteiger partial charge in [0.1, 0.15) is 10.3 Å². The van der Waals surface area contributed by atoms with Crippen LogP contribution >= 0.6 is 15.9 Å². The van der Waals surface area contributed by atoms with Crippen molar-refractivity contribution in [3.8, 4) is 0 Å². The van der Waals surface area contributed by atoms with Gasteiger partial charge in [-0.1, -0.05) is 12.1 Å². The molecule has 1 aliphatic carbocycles. The summed E-state index contributed by atoms with van der Waals surface area (Å²) in [6, 6.07) is 10.4. The second-order valence-corrected chi connectivity index (χ2v) is 6.55. The van der Waals surface area contributed by atoms with Crippen LogP contribution in [0.1, 0.15) is 41.5 Å². The molecule has 0 radical (unpaired) electrons. The summed E-state index contributed by atoms with van der Waals surface area (Å²) in [6.07, 6.45) is 6.00. The smallest absolute Gasteiger partial charge is 0.137 e. The van der Waals surface area contributed by atoms with E-state index in [4.69, 9.17) is 10.7 Å². The minimum Gasteiger partial charge on any atom is -0.323 e. The van der Waals surface area contributed by atoms with Crippen LogP contribution in [-0.4, -0.2) is 14.4 Å². The number of nitrogens with zero attached hydrogens (tertiary/aromatic N) is 3. The van der Waals surface area contributed by atoms with Crippen molar-refractivity contribution in [1.82, 2.24) is 14.4 Å². The number of fused-ring (bicyclic) bond motifs is 2. The van der Waals surface area contributed by atoms with E-state index >= 15 is 0 Å². The molecule has 3 aromatic heterocycles. The van der Waals surface area contributed by atoms with Crippen molar-refractivity contribution < 1.29 is 0 Å². The quantitative estimate of drug-likeness (QED) is 0.765. The monoisotopic (exact) mass is 356 g/mol. The third-order valence-electron chi connectivity index (χ3n) is 4.27. The lowest BCUT2D eigenvalue weighted by atomic mass is 9.92. The third-order valence-corrected chi connectivity index (χ3v) is 5.11. The van der Waals surface area contributed by atoms with Crippen LogP contribution in [-0.2, 0) is 12.8 Å². The van der Waals surface area contributed by atoms with Gasteiger partial charge in [-0.15, -0.1) is 0 Å². The number of hydrogen-bond donors (Lipinski definition) is 1. The maximum absolute atomic E-state index is 6.21. The third kappa shape index (κ3) is 2.34. The second kappa shape index (κ2) is 5.48. The van der Waals surface area contributed by atoms with Gasteiger partial charge >= 0.3 is 0 Å². The summed E-state index contributed by atoms with van der Waals surface area (Å²) in [4.78, 5) is 9.49. The van der Waals surface area contributed by atoms with E-state index in [0.717, 1.165) is 46.6 Å². The summed E-state index contributed by atoms with van der Waals surface area (Å²) in [6.45, 7) is 0. The van der Waals surface area contributed by atoms with Crippen molar-refractivity contribution >= 4 is 21.6 Å². The predicted molar refractivity (Wildman–Crippen MR) is 89.8 cm³/mol. The molecular weight excluding hydrogens is 340 g/mol. The molecule has 0 saturated carbocycles. The molecule has 112 valence electrons. The van der Waals surface area contributed by atoms with Gasteiger partial charge in [0.2, 0.25) is 0 Å². The Kier molecular flexibility index (Phi) is 3.47. The number of imidazole rings is 1. The lowest BCUT2D eigenvalue weighted by Crippen LogP contribution is -2.19. The molecule has 0 bridgehead atoms. The summed E-state index contributed by atoms with van der Waals surface area (Å²) in [5.74, 6) is 0. The Hall–Kier alpha value is -1.72. The average molecular weight is 357 g/mol. The molecule has 1 atom stereocenters. The fourth-order valence-corrected chi connectivity index (χ4v) is 3.65. The van der Waals surface area contributed by atoms with E-state index < -0.39 is 0 Å². The number of rotatable bonds is 2. The van der Waals surface area contributed by atoms with Crippen molar-refractivity contribution in [2.75, 3.05) is 0 Å². The van der Waals surface area contributed by atoms with Crippen molar-refractivity contribution in [2.45, 2.75) is 31.7 Å². The molecule has 4 nitrogen and oxygen atoms in total. The summed E-state index contributed by atoms with van der Waals surface area (Å²) >= 11 is 3.64. The minimum atomic E-state index is 0.0770. The molecule has 3 heterocycles. The molecule has 0 saturated heterocycles. The van der Waals surface area contributed by atoms with Gasteiger partial charge in [0.05, 0.1) is 11.4 Å². The Balaban J connectivity index is 1.70. The number of halogens is 1. The molecule has 0 fully saturated rings. The van der Waals surface area contributed by atoms with Crippen LogP contribution in [0.4, 0.5) is 0 Å². The Bertz CT molecular complexity index is 840. The van der Waals surface area contributed by atoms with E-state index in [9.17, 15) is 0 Å². The van der Waals surface area contributed by atoms with Crippen LogP contribution in [0, 0.1) is 0 Å². The highest BCUT2D eigenvalue weighted by Crippen LogP contribution is 2.27. The van der Waals surface area contributed by atoms with Crippen molar-refractivity contribution in [2.24, 2.45) is 5.73 Å². The molecule has 0 aromatic carbocycles. The van der Waals surface area contributed by atoms with E-state index in [1.807, 2.05) is 28.8 Å². The first kappa shape index (κ1) is 13.9. The molecule has 0 aliphatic heterocycles. The Morgan fingerprint density at radius 3 is 3.00 bits per heavy atom. The molecule has 0 amide bonds. The van der Waals surface area contributed by atoms with Gasteiger partial charge in [0.25, 0.3) is 0 Å². The fraction of sp³-hybridized carbons (Fsp3) is 0.294. The first-order chi connectivity index (χ1) is 10.7. The zero-order valence-electron chi connectivity index (χ0n) is 12.2. The molecule has 0 spiro atoms. The molecule has 1 aliphatic rings. The Morgan fingerprint density at radius 1 is 1.23 bits per heavy atom. The van der Waals surface area contributed by atoms with E-state index in [1.54, 1.807) is 0 Å². The van der Waals surface area contributed by atoms with E-state index in [2.05, 4.69) is 33.0 Å². The molecule has 2 N–H and O–H groups in total. The van der Waals surface area contributed by atoms with Gasteiger partial charge in [0.15, 0.2) is 0 Å².